The summed E-state index contributed by atoms with van der Waals surface area (Å²) in [6, 6.07) is 3.78. The van der Waals surface area contributed by atoms with Crippen molar-refractivity contribution in [1.82, 2.24) is 0 Å². The number of carbonyl (C=O) groups excluding carboxylic acids is 3. The number of ether oxygens (including phenoxy) is 1. The number of hydrogen-bond acceptors (Lipinski definition) is 8. The van der Waals surface area contributed by atoms with Gasteiger partial charge in [0.2, 0.25) is 5.41 Å². The Kier molecular flexibility index (Phi) is 6.48. The predicted octanol–water partition coefficient (Wildman–Crippen LogP) is -1.61. The van der Waals surface area contributed by atoms with Gasteiger partial charge in [0.1, 0.15) is 17.9 Å². The van der Waals surface area contributed by atoms with Gasteiger partial charge in [-0.15, -0.1) is 0 Å². The van der Waals surface area contributed by atoms with Crippen LogP contribution in [0.2, 0.25) is 0 Å². The first-order chi connectivity index (χ1) is 11.7. The Morgan fingerprint density at radius 2 is 1.84 bits per heavy atom. The Bertz CT molecular complexity index is 702. The van der Waals surface area contributed by atoms with Gasteiger partial charge in [-0.2, -0.15) is 0 Å². The smallest absolute Gasteiger partial charge is 0.338 e. The maximum Gasteiger partial charge on any atom is 0.338 e. The second-order valence-corrected chi connectivity index (χ2v) is 5.12. The van der Waals surface area contributed by atoms with Crippen LogP contribution in [-0.4, -0.2) is 47.5 Å². The molecule has 0 bridgehead atoms. The molecule has 0 fully saturated rings. The number of ketones is 1. The summed E-state index contributed by atoms with van der Waals surface area (Å²) < 4.78 is 4.94. The fourth-order valence-electron chi connectivity index (χ4n) is 1.99. The maximum atomic E-state index is 12.4. The Morgan fingerprint density at radius 1 is 1.28 bits per heavy atom. The summed E-state index contributed by atoms with van der Waals surface area (Å²) >= 11 is 0. The van der Waals surface area contributed by atoms with Crippen molar-refractivity contribution in [2.75, 3.05) is 6.54 Å². The van der Waals surface area contributed by atoms with E-state index in [0.29, 0.717) is 11.8 Å². The molecule has 0 heterocycles. The number of rotatable bonds is 9. The second-order valence-electron chi connectivity index (χ2n) is 5.12. The van der Waals surface area contributed by atoms with Crippen molar-refractivity contribution in [3.63, 3.8) is 0 Å². The SMILES string of the molecule is N=C(N)c1ccc(OC(=O)C(CN)(C(=O)O)C(=O)C(N)CC=O)cc1. The Balaban J connectivity index is 3.16. The molecule has 8 N–H and O–H groups in total. The number of benzene rings is 1. The van der Waals surface area contributed by atoms with E-state index in [0.717, 1.165) is 0 Å². The molecule has 0 aliphatic heterocycles. The fraction of sp³-hybridized carbons (Fsp3) is 0.267. The minimum absolute atomic E-state index is 0.0779. The minimum atomic E-state index is -2.73. The summed E-state index contributed by atoms with van der Waals surface area (Å²) in [7, 11) is 0. The van der Waals surface area contributed by atoms with Crippen LogP contribution in [0, 0.1) is 10.8 Å². The zero-order valence-corrected chi connectivity index (χ0v) is 13.1. The van der Waals surface area contributed by atoms with E-state index in [1.54, 1.807) is 0 Å². The van der Waals surface area contributed by atoms with Gasteiger partial charge in [-0.3, -0.25) is 15.0 Å². The third-order valence-electron chi connectivity index (χ3n) is 3.50. The minimum Gasteiger partial charge on any atom is -0.480 e. The largest absolute Gasteiger partial charge is 0.480 e. The van der Waals surface area contributed by atoms with Crippen molar-refractivity contribution < 1.29 is 29.0 Å². The fourth-order valence-corrected chi connectivity index (χ4v) is 1.99. The van der Waals surface area contributed by atoms with Gasteiger partial charge < -0.3 is 31.8 Å². The van der Waals surface area contributed by atoms with Crippen LogP contribution in [0.25, 0.3) is 0 Å². The van der Waals surface area contributed by atoms with Crippen LogP contribution in [0.5, 0.6) is 5.75 Å². The molecule has 1 aromatic carbocycles. The number of Topliss-reactive ketones (excluding diaryl/α,β-unsaturated/α-hetero) is 1. The maximum absolute atomic E-state index is 12.4. The second kappa shape index (κ2) is 8.13. The summed E-state index contributed by atoms with van der Waals surface area (Å²) in [6.45, 7) is -0.891. The molecule has 0 saturated heterocycles. The standard InChI is InChI=1S/C15H18N4O6/c16-7-15(13(22)23,11(21)10(17)5-6-20)14(24)25-9-3-1-8(2-4-9)12(18)19/h1-4,6,10H,5,7,16-17H2,(H3,18,19)(H,22,23). The van der Waals surface area contributed by atoms with E-state index in [1.165, 1.54) is 24.3 Å². The van der Waals surface area contributed by atoms with Crippen LogP contribution in [0.3, 0.4) is 0 Å². The van der Waals surface area contributed by atoms with Crippen LogP contribution in [0.1, 0.15) is 12.0 Å². The molecule has 0 aliphatic rings. The van der Waals surface area contributed by atoms with Crippen LogP contribution in [0.4, 0.5) is 0 Å². The zero-order chi connectivity index (χ0) is 19.2. The van der Waals surface area contributed by atoms with Crippen molar-refractivity contribution in [1.29, 1.82) is 5.41 Å². The Morgan fingerprint density at radius 3 is 2.24 bits per heavy atom. The summed E-state index contributed by atoms with van der Waals surface area (Å²) in [6.07, 6.45) is -0.133. The lowest BCUT2D eigenvalue weighted by Gasteiger charge is -2.26. The average molecular weight is 350 g/mol. The molecule has 0 aromatic heterocycles. The number of nitrogens with two attached hydrogens (primary N) is 3. The molecule has 134 valence electrons. The van der Waals surface area contributed by atoms with Gasteiger partial charge in [-0.1, -0.05) is 0 Å². The molecular weight excluding hydrogens is 332 g/mol. The van der Waals surface area contributed by atoms with Gasteiger partial charge in [0.25, 0.3) is 0 Å². The quantitative estimate of drug-likeness (QED) is 0.0867. The molecule has 1 aromatic rings. The first-order valence-corrected chi connectivity index (χ1v) is 7.04. The van der Waals surface area contributed by atoms with E-state index < -0.39 is 42.1 Å². The molecule has 0 radical (unpaired) electrons. The number of carbonyl (C=O) groups is 4. The van der Waals surface area contributed by atoms with E-state index in [1.807, 2.05) is 0 Å². The van der Waals surface area contributed by atoms with E-state index >= 15 is 0 Å². The molecule has 10 heteroatoms. The number of hydrogen-bond donors (Lipinski definition) is 5. The highest BCUT2D eigenvalue weighted by Crippen LogP contribution is 2.24. The van der Waals surface area contributed by atoms with Crippen LogP contribution in [-0.2, 0) is 19.2 Å². The molecule has 0 amide bonds. The van der Waals surface area contributed by atoms with Crippen molar-refractivity contribution in [3.05, 3.63) is 29.8 Å². The third-order valence-corrected chi connectivity index (χ3v) is 3.50. The summed E-state index contributed by atoms with van der Waals surface area (Å²) in [5.74, 6) is -4.77. The normalized spacial score (nSPS) is 14.0. The summed E-state index contributed by atoms with van der Waals surface area (Å²) in [5.41, 5.74) is 13.7. The first kappa shape index (κ1) is 19.9. The number of carboxylic acid groups (broad SMARTS) is 1. The highest BCUT2D eigenvalue weighted by molar-refractivity contribution is 6.22. The average Bonchev–Trinajstić information content (AvgIpc) is 2.56. The van der Waals surface area contributed by atoms with Gasteiger partial charge >= 0.3 is 11.9 Å². The molecule has 10 nitrogen and oxygen atoms in total. The monoisotopic (exact) mass is 350 g/mol. The highest BCUT2D eigenvalue weighted by Gasteiger charge is 2.55. The molecule has 25 heavy (non-hydrogen) atoms. The number of esters is 1. The number of amidine groups is 1. The van der Waals surface area contributed by atoms with Crippen molar-refractivity contribution in [3.8, 4) is 5.75 Å². The number of aldehydes is 1. The number of nitrogens with one attached hydrogen (secondary N) is 1. The molecule has 2 unspecified atom stereocenters. The van der Waals surface area contributed by atoms with Crippen LogP contribution < -0.4 is 21.9 Å². The van der Waals surface area contributed by atoms with Crippen LogP contribution >= 0.6 is 0 Å². The molecule has 0 saturated carbocycles. The number of carboxylic acids is 1. The Labute approximate surface area is 142 Å². The zero-order valence-electron chi connectivity index (χ0n) is 13.1. The number of aliphatic carboxylic acids is 1. The molecule has 2 atom stereocenters. The van der Waals surface area contributed by atoms with Gasteiger partial charge in [-0.05, 0) is 24.3 Å². The molecule has 1 rings (SSSR count). The topological polar surface area (TPSA) is 200 Å². The lowest BCUT2D eigenvalue weighted by atomic mass is 9.79. The summed E-state index contributed by atoms with van der Waals surface area (Å²) in [5, 5.41) is 16.7. The van der Waals surface area contributed by atoms with E-state index in [4.69, 9.17) is 27.3 Å². The van der Waals surface area contributed by atoms with Crippen molar-refractivity contribution >= 4 is 29.8 Å². The van der Waals surface area contributed by atoms with Crippen LogP contribution in [0.15, 0.2) is 24.3 Å². The van der Waals surface area contributed by atoms with Crippen molar-refractivity contribution in [2.24, 2.45) is 22.6 Å². The van der Waals surface area contributed by atoms with Crippen molar-refractivity contribution in [2.45, 2.75) is 12.5 Å². The van der Waals surface area contributed by atoms with Gasteiger partial charge in [0.05, 0.1) is 6.04 Å². The van der Waals surface area contributed by atoms with E-state index in [9.17, 15) is 24.3 Å². The molecule has 0 aliphatic carbocycles. The molecule has 0 spiro atoms. The lowest BCUT2D eigenvalue weighted by Crippen LogP contribution is -2.58. The predicted molar refractivity (Wildman–Crippen MR) is 85.9 cm³/mol. The van der Waals surface area contributed by atoms with E-state index in [-0.39, 0.29) is 11.6 Å². The Hall–Kier alpha value is -3.11. The van der Waals surface area contributed by atoms with Gasteiger partial charge in [0, 0.05) is 18.5 Å². The lowest BCUT2D eigenvalue weighted by molar-refractivity contribution is -0.166. The number of nitrogen functional groups attached to an aromatic ring is 1. The highest BCUT2D eigenvalue weighted by atomic mass is 16.5. The molecular formula is C15H18N4O6. The third kappa shape index (κ3) is 4.05. The summed E-state index contributed by atoms with van der Waals surface area (Å²) in [4.78, 5) is 46.8. The first-order valence-electron chi connectivity index (χ1n) is 7.04. The van der Waals surface area contributed by atoms with Gasteiger partial charge in [0.15, 0.2) is 5.78 Å². The van der Waals surface area contributed by atoms with Gasteiger partial charge in [-0.25, -0.2) is 4.79 Å². The van der Waals surface area contributed by atoms with E-state index in [2.05, 4.69) is 0 Å².